The highest BCUT2D eigenvalue weighted by Crippen LogP contribution is 2.05. The van der Waals surface area contributed by atoms with Crippen molar-refractivity contribution in [2.45, 2.75) is 62.7 Å². The second-order valence-corrected chi connectivity index (χ2v) is 8.57. The van der Waals surface area contributed by atoms with Gasteiger partial charge in [0, 0.05) is 36.6 Å². The molecule has 0 bridgehead atoms. The van der Waals surface area contributed by atoms with E-state index in [9.17, 15) is 34.2 Å². The fourth-order valence-corrected chi connectivity index (χ4v) is 3.49. The van der Waals surface area contributed by atoms with Crippen molar-refractivity contribution in [3.8, 4) is 0 Å². The second kappa shape index (κ2) is 15.1. The van der Waals surface area contributed by atoms with Crippen LogP contribution in [-0.2, 0) is 36.8 Å². The summed E-state index contributed by atoms with van der Waals surface area (Å²) in [6.07, 6.45) is 6.01. The van der Waals surface area contributed by atoms with E-state index in [2.05, 4.69) is 35.9 Å². The third-order valence-corrected chi connectivity index (χ3v) is 5.52. The molecule has 0 saturated heterocycles. The number of carboxylic acids is 2. The molecular formula is C22H33N9O7. The Morgan fingerprint density at radius 2 is 1.34 bits per heavy atom. The number of nitrogens with zero attached hydrogens (tertiary/aromatic N) is 2. The standard InChI is InChI=1S/C22H33N9O7/c23-4-2-1-3-14(24)19(34)29-16(7-18(32)33)21(36)30-15(5-12-8-25-10-27-12)20(35)31-17(22(37)38)6-13-9-26-11-28-13/h8-11,14-17H,1-7,23-24H2,(H,25,27)(H,26,28)(H,29,34)(H,30,36)(H,31,35)(H,32,33)(H,37,38). The zero-order valence-electron chi connectivity index (χ0n) is 20.6. The molecule has 0 radical (unpaired) electrons. The lowest BCUT2D eigenvalue weighted by molar-refractivity contribution is -0.143. The maximum atomic E-state index is 13.1. The number of imidazole rings is 2. The summed E-state index contributed by atoms with van der Waals surface area (Å²) in [5.41, 5.74) is 12.2. The summed E-state index contributed by atoms with van der Waals surface area (Å²) in [5.74, 6) is -5.24. The molecule has 2 heterocycles. The quantitative estimate of drug-likeness (QED) is 0.0946. The zero-order chi connectivity index (χ0) is 28.1. The van der Waals surface area contributed by atoms with Gasteiger partial charge in [0.2, 0.25) is 17.7 Å². The molecule has 2 aromatic heterocycles. The van der Waals surface area contributed by atoms with Crippen LogP contribution in [-0.4, -0.2) is 90.5 Å². The minimum atomic E-state index is -1.54. The van der Waals surface area contributed by atoms with Gasteiger partial charge in [0.05, 0.1) is 25.1 Å². The molecule has 0 saturated carbocycles. The SMILES string of the molecule is NCCCCC(N)C(=O)NC(CC(=O)O)C(=O)NC(Cc1cnc[nH]1)C(=O)NC(Cc1cnc[nH]1)C(=O)O. The number of hydrogen-bond donors (Lipinski definition) is 9. The number of carbonyl (C=O) groups is 5. The molecule has 0 aliphatic heterocycles. The Morgan fingerprint density at radius 3 is 1.84 bits per heavy atom. The fourth-order valence-electron chi connectivity index (χ4n) is 3.49. The first kappa shape index (κ1) is 29.9. The number of aromatic nitrogens is 4. The molecular weight excluding hydrogens is 502 g/mol. The number of nitrogens with one attached hydrogen (secondary N) is 5. The predicted octanol–water partition coefficient (Wildman–Crippen LogP) is -2.61. The molecule has 2 aromatic rings. The number of aliphatic carboxylic acids is 2. The molecule has 11 N–H and O–H groups in total. The van der Waals surface area contributed by atoms with Crippen molar-refractivity contribution < 1.29 is 34.2 Å². The normalized spacial score (nSPS) is 14.1. The van der Waals surface area contributed by atoms with Crippen molar-refractivity contribution in [2.24, 2.45) is 11.5 Å². The van der Waals surface area contributed by atoms with Crippen molar-refractivity contribution >= 4 is 29.7 Å². The summed E-state index contributed by atoms with van der Waals surface area (Å²) >= 11 is 0. The summed E-state index contributed by atoms with van der Waals surface area (Å²) in [5, 5.41) is 25.9. The number of nitrogens with two attached hydrogens (primary N) is 2. The van der Waals surface area contributed by atoms with E-state index in [1.165, 1.54) is 25.0 Å². The highest BCUT2D eigenvalue weighted by molar-refractivity contribution is 5.95. The number of H-pyrrole nitrogens is 2. The summed E-state index contributed by atoms with van der Waals surface area (Å²) in [4.78, 5) is 74.9. The van der Waals surface area contributed by atoms with Gasteiger partial charge in [-0.2, -0.15) is 0 Å². The summed E-state index contributed by atoms with van der Waals surface area (Å²) < 4.78 is 0. The van der Waals surface area contributed by atoms with Crippen LogP contribution in [0, 0.1) is 0 Å². The topological polar surface area (TPSA) is 271 Å². The summed E-state index contributed by atoms with van der Waals surface area (Å²) in [6, 6.07) is -5.23. The number of amides is 3. The first-order valence-electron chi connectivity index (χ1n) is 11.9. The number of aromatic amines is 2. The van der Waals surface area contributed by atoms with E-state index in [0.717, 1.165) is 0 Å². The molecule has 16 heteroatoms. The van der Waals surface area contributed by atoms with Crippen LogP contribution < -0.4 is 27.4 Å². The van der Waals surface area contributed by atoms with E-state index in [0.29, 0.717) is 30.8 Å². The van der Waals surface area contributed by atoms with E-state index in [1.807, 2.05) is 0 Å². The number of unbranched alkanes of at least 4 members (excludes halogenated alkanes) is 1. The van der Waals surface area contributed by atoms with E-state index in [1.54, 1.807) is 0 Å². The molecule has 16 nitrogen and oxygen atoms in total. The Labute approximate surface area is 217 Å². The van der Waals surface area contributed by atoms with Crippen LogP contribution >= 0.6 is 0 Å². The van der Waals surface area contributed by atoms with Crippen LogP contribution in [0.4, 0.5) is 0 Å². The van der Waals surface area contributed by atoms with Gasteiger partial charge in [-0.15, -0.1) is 0 Å². The van der Waals surface area contributed by atoms with Gasteiger partial charge in [0.15, 0.2) is 0 Å². The molecule has 38 heavy (non-hydrogen) atoms. The Morgan fingerprint density at radius 1 is 0.816 bits per heavy atom. The lowest BCUT2D eigenvalue weighted by atomic mass is 10.1. The van der Waals surface area contributed by atoms with E-state index in [-0.39, 0.29) is 19.3 Å². The van der Waals surface area contributed by atoms with Crippen molar-refractivity contribution in [1.29, 1.82) is 0 Å². The molecule has 0 spiro atoms. The molecule has 4 atom stereocenters. The van der Waals surface area contributed by atoms with Gasteiger partial charge in [-0.3, -0.25) is 19.2 Å². The molecule has 3 amide bonds. The Kier molecular flexibility index (Phi) is 11.9. The van der Waals surface area contributed by atoms with Crippen LogP contribution in [0.5, 0.6) is 0 Å². The van der Waals surface area contributed by atoms with Gasteiger partial charge >= 0.3 is 11.9 Å². The van der Waals surface area contributed by atoms with Crippen molar-refractivity contribution in [3.05, 3.63) is 36.4 Å². The van der Waals surface area contributed by atoms with Gasteiger partial charge in [0.1, 0.15) is 18.1 Å². The van der Waals surface area contributed by atoms with E-state index >= 15 is 0 Å². The predicted molar refractivity (Wildman–Crippen MR) is 131 cm³/mol. The first-order chi connectivity index (χ1) is 18.1. The van der Waals surface area contributed by atoms with Crippen molar-refractivity contribution in [1.82, 2.24) is 35.9 Å². The molecule has 0 aliphatic rings. The van der Waals surface area contributed by atoms with E-state index in [4.69, 9.17) is 11.5 Å². The number of carboxylic acid groups (broad SMARTS) is 2. The van der Waals surface area contributed by atoms with Crippen LogP contribution in [0.15, 0.2) is 25.0 Å². The lowest BCUT2D eigenvalue weighted by Crippen LogP contribution is -2.58. The molecule has 0 fully saturated rings. The molecule has 208 valence electrons. The average molecular weight is 536 g/mol. The fraction of sp³-hybridized carbons (Fsp3) is 0.500. The zero-order valence-corrected chi connectivity index (χ0v) is 20.6. The van der Waals surface area contributed by atoms with Gasteiger partial charge in [-0.05, 0) is 19.4 Å². The third kappa shape index (κ3) is 9.98. The highest BCUT2D eigenvalue weighted by Gasteiger charge is 2.32. The monoisotopic (exact) mass is 535 g/mol. The van der Waals surface area contributed by atoms with Gasteiger partial charge in [0.25, 0.3) is 0 Å². The van der Waals surface area contributed by atoms with E-state index < -0.39 is 60.2 Å². The summed E-state index contributed by atoms with van der Waals surface area (Å²) in [7, 11) is 0. The molecule has 0 aromatic carbocycles. The summed E-state index contributed by atoms with van der Waals surface area (Å²) in [6.45, 7) is 0.419. The minimum Gasteiger partial charge on any atom is -0.481 e. The molecule has 4 unspecified atom stereocenters. The van der Waals surface area contributed by atoms with Crippen LogP contribution in [0.25, 0.3) is 0 Å². The number of rotatable bonds is 17. The third-order valence-electron chi connectivity index (χ3n) is 5.52. The maximum Gasteiger partial charge on any atom is 0.326 e. The Bertz CT molecular complexity index is 1060. The van der Waals surface area contributed by atoms with Crippen molar-refractivity contribution in [2.75, 3.05) is 6.54 Å². The lowest BCUT2D eigenvalue weighted by Gasteiger charge is -2.24. The first-order valence-corrected chi connectivity index (χ1v) is 11.9. The van der Waals surface area contributed by atoms with Crippen LogP contribution in [0.3, 0.4) is 0 Å². The maximum absolute atomic E-state index is 13.1. The van der Waals surface area contributed by atoms with Gasteiger partial charge < -0.3 is 47.6 Å². The van der Waals surface area contributed by atoms with Crippen molar-refractivity contribution in [3.63, 3.8) is 0 Å². The number of carbonyl (C=O) groups excluding carboxylic acids is 3. The highest BCUT2D eigenvalue weighted by atomic mass is 16.4. The second-order valence-electron chi connectivity index (χ2n) is 8.57. The smallest absolute Gasteiger partial charge is 0.326 e. The Hall–Kier alpha value is -4.31. The average Bonchev–Trinajstić information content (AvgIpc) is 3.56. The minimum absolute atomic E-state index is 0.106. The van der Waals surface area contributed by atoms with Gasteiger partial charge in [-0.25, -0.2) is 14.8 Å². The molecule has 0 aliphatic carbocycles. The Balaban J connectivity index is 2.16. The van der Waals surface area contributed by atoms with Crippen LogP contribution in [0.1, 0.15) is 37.1 Å². The van der Waals surface area contributed by atoms with Crippen LogP contribution in [0.2, 0.25) is 0 Å². The largest absolute Gasteiger partial charge is 0.481 e. The molecule has 2 rings (SSSR count). The number of hydrogen-bond acceptors (Lipinski definition) is 9. The van der Waals surface area contributed by atoms with Gasteiger partial charge in [-0.1, -0.05) is 6.42 Å².